The molecule has 0 bridgehead atoms. The first-order chi connectivity index (χ1) is 6.43. The van der Waals surface area contributed by atoms with Crippen LogP contribution in [-0.2, 0) is 0 Å². The van der Waals surface area contributed by atoms with Gasteiger partial charge in [0.25, 0.3) is 5.69 Å². The van der Waals surface area contributed by atoms with Gasteiger partial charge in [-0.2, -0.15) is 0 Å². The van der Waals surface area contributed by atoms with Gasteiger partial charge in [-0.05, 0) is 13.0 Å². The zero-order valence-corrected chi connectivity index (χ0v) is 9.00. The number of nitro benzene ring substituents is 1. The fraction of sp³-hybridized carbons (Fsp3) is 0.333. The minimum atomic E-state index is -0.430. The van der Waals surface area contributed by atoms with Crippen LogP contribution >= 0.6 is 11.6 Å². The number of rotatable bonds is 2. The molecule has 0 amide bonds. The van der Waals surface area contributed by atoms with Gasteiger partial charge >= 0.3 is 0 Å². The number of nitro groups is 1. The fourth-order valence-electron chi connectivity index (χ4n) is 1.20. The zero-order valence-electron chi connectivity index (χ0n) is 8.24. The second-order valence-corrected chi connectivity index (χ2v) is 3.65. The van der Waals surface area contributed by atoms with E-state index in [4.69, 9.17) is 11.6 Å². The Hall–Kier alpha value is -1.29. The molecule has 0 unspecified atom stereocenters. The standard InChI is InChI=1S/C9H11ClN2O2/c1-6-4-9(11(2)3)7(10)5-8(6)12(13)14/h4-5H,1-3H3. The van der Waals surface area contributed by atoms with Crippen LogP contribution in [0.4, 0.5) is 11.4 Å². The molecule has 0 saturated heterocycles. The van der Waals surface area contributed by atoms with Crippen molar-refractivity contribution in [2.75, 3.05) is 19.0 Å². The van der Waals surface area contributed by atoms with Crippen LogP contribution in [0.5, 0.6) is 0 Å². The van der Waals surface area contributed by atoms with Crippen LogP contribution in [0.3, 0.4) is 0 Å². The molecule has 0 spiro atoms. The SMILES string of the molecule is Cc1cc(N(C)C)c(Cl)cc1[N+](=O)[O-]. The van der Waals surface area contributed by atoms with E-state index in [0.717, 1.165) is 5.69 Å². The van der Waals surface area contributed by atoms with Crippen LogP contribution in [0.1, 0.15) is 5.56 Å². The molecule has 0 atom stereocenters. The van der Waals surface area contributed by atoms with E-state index in [1.54, 1.807) is 13.0 Å². The van der Waals surface area contributed by atoms with Gasteiger partial charge in [0.05, 0.1) is 15.6 Å². The van der Waals surface area contributed by atoms with Gasteiger partial charge in [0, 0.05) is 25.7 Å². The van der Waals surface area contributed by atoms with E-state index in [9.17, 15) is 10.1 Å². The molecule has 0 fully saturated rings. The average Bonchev–Trinajstić information content (AvgIpc) is 2.07. The Labute approximate surface area is 87.2 Å². The number of aryl methyl sites for hydroxylation is 1. The van der Waals surface area contributed by atoms with Gasteiger partial charge in [-0.15, -0.1) is 0 Å². The summed E-state index contributed by atoms with van der Waals surface area (Å²) in [5.74, 6) is 0. The largest absolute Gasteiger partial charge is 0.376 e. The lowest BCUT2D eigenvalue weighted by Gasteiger charge is -2.14. The van der Waals surface area contributed by atoms with Crippen molar-refractivity contribution < 1.29 is 4.92 Å². The van der Waals surface area contributed by atoms with Gasteiger partial charge in [0.1, 0.15) is 0 Å². The lowest BCUT2D eigenvalue weighted by molar-refractivity contribution is -0.385. The van der Waals surface area contributed by atoms with Crippen molar-refractivity contribution in [1.82, 2.24) is 0 Å². The first-order valence-electron chi connectivity index (χ1n) is 4.05. The monoisotopic (exact) mass is 214 g/mol. The van der Waals surface area contributed by atoms with Crippen molar-refractivity contribution in [3.05, 3.63) is 32.8 Å². The molecule has 1 aromatic rings. The summed E-state index contributed by atoms with van der Waals surface area (Å²) >= 11 is 5.89. The summed E-state index contributed by atoms with van der Waals surface area (Å²) in [6.07, 6.45) is 0. The van der Waals surface area contributed by atoms with E-state index in [0.29, 0.717) is 10.6 Å². The first kappa shape index (κ1) is 10.8. The number of halogens is 1. The molecular formula is C9H11ClN2O2. The molecule has 0 aromatic heterocycles. The highest BCUT2D eigenvalue weighted by molar-refractivity contribution is 6.33. The summed E-state index contributed by atoms with van der Waals surface area (Å²) in [6.45, 7) is 1.70. The molecule has 0 radical (unpaired) electrons. The Bertz CT molecular complexity index is 377. The smallest absolute Gasteiger partial charge is 0.273 e. The van der Waals surface area contributed by atoms with E-state index in [1.165, 1.54) is 6.07 Å². The Morgan fingerprint density at radius 2 is 2.00 bits per heavy atom. The Morgan fingerprint density at radius 1 is 1.43 bits per heavy atom. The summed E-state index contributed by atoms with van der Waals surface area (Å²) in [4.78, 5) is 12.0. The molecule has 1 rings (SSSR count). The maximum absolute atomic E-state index is 10.6. The highest BCUT2D eigenvalue weighted by Gasteiger charge is 2.14. The third-order valence-electron chi connectivity index (χ3n) is 1.94. The van der Waals surface area contributed by atoms with Crippen molar-refractivity contribution in [1.29, 1.82) is 0 Å². The third-order valence-corrected chi connectivity index (χ3v) is 2.25. The van der Waals surface area contributed by atoms with E-state index in [1.807, 2.05) is 19.0 Å². The Morgan fingerprint density at radius 3 is 2.43 bits per heavy atom. The first-order valence-corrected chi connectivity index (χ1v) is 4.43. The normalized spacial score (nSPS) is 10.0. The van der Waals surface area contributed by atoms with Crippen molar-refractivity contribution in [3.8, 4) is 0 Å². The lowest BCUT2D eigenvalue weighted by Crippen LogP contribution is -2.09. The summed E-state index contributed by atoms with van der Waals surface area (Å²) in [5, 5.41) is 11.0. The predicted molar refractivity (Wildman–Crippen MR) is 57.2 cm³/mol. The van der Waals surface area contributed by atoms with E-state index in [-0.39, 0.29) is 5.69 Å². The third kappa shape index (κ3) is 1.96. The molecule has 0 saturated carbocycles. The zero-order chi connectivity index (χ0) is 10.9. The molecule has 1 aromatic carbocycles. The van der Waals surface area contributed by atoms with E-state index >= 15 is 0 Å². The second-order valence-electron chi connectivity index (χ2n) is 3.24. The molecule has 0 aliphatic heterocycles. The van der Waals surface area contributed by atoms with Crippen LogP contribution in [0.25, 0.3) is 0 Å². The average molecular weight is 215 g/mol. The van der Waals surface area contributed by atoms with E-state index in [2.05, 4.69) is 0 Å². The molecule has 4 nitrogen and oxygen atoms in total. The van der Waals surface area contributed by atoms with Crippen molar-refractivity contribution in [3.63, 3.8) is 0 Å². The van der Waals surface area contributed by atoms with Gasteiger partial charge in [0.15, 0.2) is 0 Å². The number of hydrogen-bond donors (Lipinski definition) is 0. The second kappa shape index (κ2) is 3.84. The number of anilines is 1. The summed E-state index contributed by atoms with van der Waals surface area (Å²) < 4.78 is 0. The van der Waals surface area contributed by atoms with Crippen LogP contribution in [0.15, 0.2) is 12.1 Å². The summed E-state index contributed by atoms with van der Waals surface area (Å²) in [6, 6.07) is 3.09. The molecule has 76 valence electrons. The maximum atomic E-state index is 10.6. The molecular weight excluding hydrogens is 204 g/mol. The van der Waals surface area contributed by atoms with Crippen LogP contribution in [0.2, 0.25) is 5.02 Å². The quantitative estimate of drug-likeness (QED) is 0.562. The molecule has 14 heavy (non-hydrogen) atoms. The van der Waals surface area contributed by atoms with Crippen LogP contribution < -0.4 is 4.90 Å². The number of benzene rings is 1. The highest BCUT2D eigenvalue weighted by atomic mass is 35.5. The minimum absolute atomic E-state index is 0.0561. The summed E-state index contributed by atoms with van der Waals surface area (Å²) in [5.41, 5.74) is 1.46. The Balaban J connectivity index is 3.31. The fourth-order valence-corrected chi connectivity index (χ4v) is 1.52. The van der Waals surface area contributed by atoms with Gasteiger partial charge in [-0.25, -0.2) is 0 Å². The Kier molecular flexibility index (Phi) is 2.96. The molecule has 0 aliphatic carbocycles. The minimum Gasteiger partial charge on any atom is -0.376 e. The van der Waals surface area contributed by atoms with Crippen molar-refractivity contribution in [2.45, 2.75) is 6.92 Å². The molecule has 0 N–H and O–H groups in total. The van der Waals surface area contributed by atoms with Gasteiger partial charge in [0.2, 0.25) is 0 Å². The molecule has 0 aliphatic rings. The van der Waals surface area contributed by atoms with Crippen LogP contribution in [-0.4, -0.2) is 19.0 Å². The maximum Gasteiger partial charge on any atom is 0.273 e. The van der Waals surface area contributed by atoms with E-state index < -0.39 is 4.92 Å². The predicted octanol–water partition coefficient (Wildman–Crippen LogP) is 2.62. The number of nitrogens with zero attached hydrogens (tertiary/aromatic N) is 2. The van der Waals surface area contributed by atoms with Gasteiger partial charge in [-0.3, -0.25) is 10.1 Å². The molecule has 5 heteroatoms. The van der Waals surface area contributed by atoms with Gasteiger partial charge in [-0.1, -0.05) is 11.6 Å². The molecule has 0 heterocycles. The summed E-state index contributed by atoms with van der Waals surface area (Å²) in [7, 11) is 3.68. The van der Waals surface area contributed by atoms with Crippen LogP contribution in [0, 0.1) is 17.0 Å². The van der Waals surface area contributed by atoms with Crippen molar-refractivity contribution in [2.24, 2.45) is 0 Å². The lowest BCUT2D eigenvalue weighted by atomic mass is 10.1. The van der Waals surface area contributed by atoms with Crippen molar-refractivity contribution >= 4 is 23.0 Å². The topological polar surface area (TPSA) is 46.4 Å². The highest BCUT2D eigenvalue weighted by Crippen LogP contribution is 2.31. The number of hydrogen-bond acceptors (Lipinski definition) is 3. The van der Waals surface area contributed by atoms with Gasteiger partial charge < -0.3 is 4.90 Å².